The van der Waals surface area contributed by atoms with Crippen molar-refractivity contribution in [3.05, 3.63) is 64.9 Å². The number of nitrogens with two attached hydrogens (primary N) is 1. The van der Waals surface area contributed by atoms with Gasteiger partial charge in [0.2, 0.25) is 5.91 Å². The summed E-state index contributed by atoms with van der Waals surface area (Å²) >= 11 is 0. The summed E-state index contributed by atoms with van der Waals surface area (Å²) in [6.45, 7) is 0.220. The molecule has 1 saturated heterocycles. The molecule has 33 heavy (non-hydrogen) atoms. The molecular weight excluding hydrogens is 428 g/mol. The van der Waals surface area contributed by atoms with E-state index < -0.39 is 23.4 Å². The molecule has 0 unspecified atom stereocenters. The number of benzene rings is 2. The van der Waals surface area contributed by atoms with Crippen LogP contribution in [0.4, 0.5) is 4.79 Å². The second-order valence-corrected chi connectivity index (χ2v) is 8.04. The number of primary amides is 1. The molecular formula is C23H20N4O6. The van der Waals surface area contributed by atoms with Crippen LogP contribution in [0, 0.1) is 0 Å². The summed E-state index contributed by atoms with van der Waals surface area (Å²) in [6.07, 6.45) is 0.582. The number of urea groups is 1. The minimum atomic E-state index is -1.63. The quantitative estimate of drug-likeness (QED) is 0.502. The van der Waals surface area contributed by atoms with Crippen LogP contribution in [-0.2, 0) is 16.8 Å². The lowest BCUT2D eigenvalue weighted by Crippen LogP contribution is -2.55. The van der Waals surface area contributed by atoms with Gasteiger partial charge in [-0.25, -0.2) is 4.79 Å². The number of carbonyl (C=O) groups excluding carboxylic acids is 4. The van der Waals surface area contributed by atoms with Crippen molar-refractivity contribution in [2.75, 3.05) is 20.2 Å². The largest absolute Gasteiger partial charge is 0.497 e. The van der Waals surface area contributed by atoms with E-state index in [-0.39, 0.29) is 23.8 Å². The van der Waals surface area contributed by atoms with Gasteiger partial charge in [-0.15, -0.1) is 0 Å². The highest BCUT2D eigenvalue weighted by Crippen LogP contribution is 2.34. The van der Waals surface area contributed by atoms with E-state index in [4.69, 9.17) is 14.9 Å². The van der Waals surface area contributed by atoms with Gasteiger partial charge in [-0.1, -0.05) is 6.07 Å². The summed E-state index contributed by atoms with van der Waals surface area (Å²) in [5.41, 5.74) is 5.77. The molecule has 4 N–H and O–H groups in total. The van der Waals surface area contributed by atoms with Crippen molar-refractivity contribution in [1.29, 1.82) is 0 Å². The van der Waals surface area contributed by atoms with Gasteiger partial charge >= 0.3 is 6.03 Å². The first kappa shape index (κ1) is 20.6. The standard InChI is InChI=1S/C23H20N4O6/c1-32-15-4-2-12-6-7-27(20(29)16(12)10-15)11-23(21(30)25-22(31)26-23)18-9-14-8-13(19(24)28)3-5-17(14)33-18/h2-5,8-10H,6-7,11H2,1H3,(H2,24,28)(H2,25,26,30,31)/t23-/m0/s1. The van der Waals surface area contributed by atoms with Crippen molar-refractivity contribution in [1.82, 2.24) is 15.5 Å². The Morgan fingerprint density at radius 1 is 1.18 bits per heavy atom. The van der Waals surface area contributed by atoms with E-state index in [0.717, 1.165) is 5.56 Å². The Kier molecular flexibility index (Phi) is 4.59. The van der Waals surface area contributed by atoms with Crippen LogP contribution in [0.3, 0.4) is 0 Å². The summed E-state index contributed by atoms with van der Waals surface area (Å²) in [5, 5.41) is 5.42. The van der Waals surface area contributed by atoms with Crippen molar-refractivity contribution in [2.24, 2.45) is 5.73 Å². The fourth-order valence-corrected chi connectivity index (χ4v) is 4.33. The number of furan rings is 1. The number of nitrogens with zero attached hydrogens (tertiary/aromatic N) is 1. The molecule has 1 atom stereocenters. The van der Waals surface area contributed by atoms with Crippen LogP contribution in [0.25, 0.3) is 11.0 Å². The summed E-state index contributed by atoms with van der Waals surface area (Å²) in [4.78, 5) is 51.4. The topological polar surface area (TPSA) is 144 Å². The molecule has 5 rings (SSSR count). The van der Waals surface area contributed by atoms with Crippen LogP contribution in [0.5, 0.6) is 5.75 Å². The minimum absolute atomic E-state index is 0.136. The third kappa shape index (κ3) is 3.27. The Morgan fingerprint density at radius 3 is 2.70 bits per heavy atom. The molecule has 10 heteroatoms. The Morgan fingerprint density at radius 2 is 2.00 bits per heavy atom. The lowest BCUT2D eigenvalue weighted by molar-refractivity contribution is -0.125. The zero-order valence-corrected chi connectivity index (χ0v) is 17.6. The van der Waals surface area contributed by atoms with Crippen LogP contribution < -0.4 is 21.1 Å². The van der Waals surface area contributed by atoms with E-state index in [1.165, 1.54) is 18.1 Å². The van der Waals surface area contributed by atoms with E-state index in [0.29, 0.717) is 35.2 Å². The maximum Gasteiger partial charge on any atom is 0.322 e. The highest BCUT2D eigenvalue weighted by atomic mass is 16.5. The maximum atomic E-state index is 13.3. The number of hydrogen-bond donors (Lipinski definition) is 3. The first-order valence-electron chi connectivity index (χ1n) is 10.2. The van der Waals surface area contributed by atoms with E-state index in [9.17, 15) is 19.2 Å². The first-order chi connectivity index (χ1) is 15.8. The summed E-state index contributed by atoms with van der Waals surface area (Å²) in [6, 6.07) is 10.8. The molecule has 1 aromatic heterocycles. The van der Waals surface area contributed by atoms with Crippen molar-refractivity contribution < 1.29 is 28.3 Å². The molecule has 0 saturated carbocycles. The van der Waals surface area contributed by atoms with E-state index in [1.807, 2.05) is 6.07 Å². The van der Waals surface area contributed by atoms with Gasteiger partial charge in [-0.05, 0) is 48.4 Å². The van der Waals surface area contributed by atoms with Gasteiger partial charge in [-0.3, -0.25) is 19.7 Å². The number of nitrogens with one attached hydrogen (secondary N) is 2. The molecule has 2 aromatic carbocycles. The smallest absolute Gasteiger partial charge is 0.322 e. The molecule has 2 aliphatic heterocycles. The molecule has 0 aliphatic carbocycles. The summed E-state index contributed by atoms with van der Waals surface area (Å²) in [5.74, 6) is -0.823. The van der Waals surface area contributed by atoms with Crippen LogP contribution in [0.1, 0.15) is 32.0 Å². The van der Waals surface area contributed by atoms with Crippen molar-refractivity contribution in [3.63, 3.8) is 0 Å². The van der Waals surface area contributed by atoms with Gasteiger partial charge in [0.15, 0.2) is 5.54 Å². The average molecular weight is 448 g/mol. The highest BCUT2D eigenvalue weighted by molar-refractivity contribution is 6.08. The predicted molar refractivity (Wildman–Crippen MR) is 116 cm³/mol. The first-order valence-corrected chi connectivity index (χ1v) is 10.2. The molecule has 0 radical (unpaired) electrons. The monoisotopic (exact) mass is 448 g/mol. The Hall–Kier alpha value is -4.34. The predicted octanol–water partition coefficient (Wildman–Crippen LogP) is 1.27. The number of carbonyl (C=O) groups is 4. The van der Waals surface area contributed by atoms with E-state index in [2.05, 4.69) is 10.6 Å². The molecule has 0 spiro atoms. The molecule has 168 valence electrons. The fourth-order valence-electron chi connectivity index (χ4n) is 4.33. The number of rotatable bonds is 5. The lowest BCUT2D eigenvalue weighted by atomic mass is 9.92. The molecule has 0 bridgehead atoms. The summed E-state index contributed by atoms with van der Waals surface area (Å²) in [7, 11) is 1.52. The Bertz CT molecular complexity index is 1350. The molecule has 2 aliphatic rings. The van der Waals surface area contributed by atoms with Crippen LogP contribution in [0.15, 0.2) is 46.9 Å². The molecule has 3 aromatic rings. The third-order valence-electron chi connectivity index (χ3n) is 6.08. The highest BCUT2D eigenvalue weighted by Gasteiger charge is 2.52. The summed E-state index contributed by atoms with van der Waals surface area (Å²) < 4.78 is 11.1. The number of amides is 5. The van der Waals surface area contributed by atoms with Gasteiger partial charge in [0.05, 0.1) is 13.7 Å². The molecule has 1 fully saturated rings. The number of imide groups is 1. The van der Waals surface area contributed by atoms with E-state index in [1.54, 1.807) is 30.3 Å². The Balaban J connectivity index is 1.55. The maximum absolute atomic E-state index is 13.3. The third-order valence-corrected chi connectivity index (χ3v) is 6.08. The Labute approximate surface area is 187 Å². The number of hydrogen-bond acceptors (Lipinski definition) is 6. The van der Waals surface area contributed by atoms with Crippen LogP contribution >= 0.6 is 0 Å². The number of ether oxygens (including phenoxy) is 1. The van der Waals surface area contributed by atoms with Gasteiger partial charge in [0, 0.05) is 23.1 Å². The molecule has 5 amide bonds. The van der Waals surface area contributed by atoms with Gasteiger partial charge in [-0.2, -0.15) is 0 Å². The van der Waals surface area contributed by atoms with Crippen molar-refractivity contribution in [3.8, 4) is 5.75 Å². The molecule has 10 nitrogen and oxygen atoms in total. The van der Waals surface area contributed by atoms with Gasteiger partial charge in [0.25, 0.3) is 11.8 Å². The van der Waals surface area contributed by atoms with Gasteiger partial charge in [0.1, 0.15) is 17.1 Å². The van der Waals surface area contributed by atoms with Crippen LogP contribution in [-0.4, -0.2) is 48.9 Å². The minimum Gasteiger partial charge on any atom is -0.497 e. The lowest BCUT2D eigenvalue weighted by Gasteiger charge is -2.34. The van der Waals surface area contributed by atoms with Crippen molar-refractivity contribution >= 4 is 34.7 Å². The SMILES string of the molecule is COc1ccc2c(c1)C(=O)N(C[C@@]1(c3cc4cc(C(N)=O)ccc4o3)NC(=O)NC1=O)CC2. The van der Waals surface area contributed by atoms with Gasteiger partial charge < -0.3 is 25.1 Å². The second-order valence-electron chi connectivity index (χ2n) is 8.04. The second kappa shape index (κ2) is 7.37. The molecule has 3 heterocycles. The number of fused-ring (bicyclic) bond motifs is 2. The van der Waals surface area contributed by atoms with Crippen molar-refractivity contribution in [2.45, 2.75) is 12.0 Å². The van der Waals surface area contributed by atoms with Crippen LogP contribution in [0.2, 0.25) is 0 Å². The van der Waals surface area contributed by atoms with E-state index >= 15 is 0 Å². The normalized spacial score (nSPS) is 19.9. The number of methoxy groups -OCH3 is 1. The zero-order chi connectivity index (χ0) is 23.3. The fraction of sp³-hybridized carbons (Fsp3) is 0.217. The average Bonchev–Trinajstić information content (AvgIpc) is 3.35. The zero-order valence-electron chi connectivity index (χ0n) is 17.6.